The molecule has 0 fully saturated rings. The Morgan fingerprint density at radius 1 is 1.31 bits per heavy atom. The molecule has 0 aromatic rings. The van der Waals surface area contributed by atoms with Gasteiger partial charge in [-0.1, -0.05) is 34.6 Å². The summed E-state index contributed by atoms with van der Waals surface area (Å²) < 4.78 is 5.44. The van der Waals surface area contributed by atoms with E-state index in [2.05, 4.69) is 0 Å². The molecule has 0 spiro atoms. The Morgan fingerprint density at radius 2 is 1.77 bits per heavy atom. The van der Waals surface area contributed by atoms with E-state index in [-0.39, 0.29) is 23.2 Å². The third kappa shape index (κ3) is 3.90. The summed E-state index contributed by atoms with van der Waals surface area (Å²) in [5, 5.41) is 0. The van der Waals surface area contributed by atoms with E-state index in [1.807, 2.05) is 41.5 Å². The van der Waals surface area contributed by atoms with Gasteiger partial charge in [-0.15, -0.1) is 0 Å². The second-order valence-corrected chi connectivity index (χ2v) is 4.73. The van der Waals surface area contributed by atoms with Crippen molar-refractivity contribution in [3.05, 3.63) is 0 Å². The van der Waals surface area contributed by atoms with Gasteiger partial charge in [0.05, 0.1) is 0 Å². The van der Waals surface area contributed by atoms with Gasteiger partial charge in [0.25, 0.3) is 0 Å². The fourth-order valence-corrected chi connectivity index (χ4v) is 1.18. The van der Waals surface area contributed by atoms with Gasteiger partial charge in [0, 0.05) is 12.0 Å². The smallest absolute Gasteiger partial charge is 0.167 e. The van der Waals surface area contributed by atoms with Crippen LogP contribution in [0.4, 0.5) is 0 Å². The maximum atomic E-state index is 11.9. The zero-order valence-corrected chi connectivity index (χ0v) is 9.68. The van der Waals surface area contributed by atoms with Gasteiger partial charge in [-0.3, -0.25) is 4.79 Å². The molecular weight excluding hydrogens is 164 g/mol. The molecule has 0 saturated carbocycles. The van der Waals surface area contributed by atoms with Crippen LogP contribution in [0.5, 0.6) is 0 Å². The summed E-state index contributed by atoms with van der Waals surface area (Å²) in [6.45, 7) is 12.4. The minimum absolute atomic E-state index is 0.198. The molecule has 0 aromatic heterocycles. The molecule has 0 heterocycles. The van der Waals surface area contributed by atoms with E-state index in [4.69, 9.17) is 4.74 Å². The first-order valence-corrected chi connectivity index (χ1v) is 4.96. The van der Waals surface area contributed by atoms with Crippen LogP contribution < -0.4 is 0 Å². The third-order valence-electron chi connectivity index (χ3n) is 1.95. The van der Waals surface area contributed by atoms with Crippen LogP contribution in [0.2, 0.25) is 0 Å². The van der Waals surface area contributed by atoms with Crippen LogP contribution in [-0.4, -0.2) is 18.5 Å². The average molecular weight is 186 g/mol. The van der Waals surface area contributed by atoms with Crippen LogP contribution in [0.15, 0.2) is 0 Å². The van der Waals surface area contributed by atoms with Crippen LogP contribution in [-0.2, 0) is 9.53 Å². The number of hydrogen-bond acceptors (Lipinski definition) is 2. The highest BCUT2D eigenvalue weighted by atomic mass is 16.5. The Balaban J connectivity index is 4.47. The molecule has 0 N–H and O–H groups in total. The predicted octanol–water partition coefficient (Wildman–Crippen LogP) is 2.66. The molecule has 13 heavy (non-hydrogen) atoms. The summed E-state index contributed by atoms with van der Waals surface area (Å²) in [6.07, 6.45) is -0.245. The molecule has 0 aromatic carbocycles. The molecule has 0 aliphatic heterocycles. The molecule has 0 amide bonds. The van der Waals surface area contributed by atoms with Gasteiger partial charge >= 0.3 is 0 Å². The van der Waals surface area contributed by atoms with Crippen LogP contribution in [0.25, 0.3) is 0 Å². The average Bonchev–Trinajstić information content (AvgIpc) is 1.96. The van der Waals surface area contributed by atoms with Crippen molar-refractivity contribution in [1.82, 2.24) is 0 Å². The van der Waals surface area contributed by atoms with E-state index in [9.17, 15) is 4.79 Å². The first-order valence-electron chi connectivity index (χ1n) is 4.96. The number of hydrogen-bond donors (Lipinski definition) is 0. The molecular formula is C11H22O2. The number of ketones is 1. The van der Waals surface area contributed by atoms with Gasteiger partial charge in [0.15, 0.2) is 5.78 Å². The maximum absolute atomic E-state index is 11.9. The zero-order chi connectivity index (χ0) is 10.6. The van der Waals surface area contributed by atoms with Gasteiger partial charge in [-0.2, -0.15) is 0 Å². The molecule has 1 atom stereocenters. The molecule has 0 rings (SSSR count). The Labute approximate surface area is 81.7 Å². The normalized spacial score (nSPS) is 14.7. The Morgan fingerprint density at radius 3 is 2.00 bits per heavy atom. The highest BCUT2D eigenvalue weighted by molar-refractivity contribution is 5.88. The third-order valence-corrected chi connectivity index (χ3v) is 1.95. The van der Waals surface area contributed by atoms with Crippen molar-refractivity contribution in [3.63, 3.8) is 0 Å². The SMILES string of the molecule is CCOC(C(=O)C(C)(C)C)C(C)C. The topological polar surface area (TPSA) is 26.3 Å². The minimum Gasteiger partial charge on any atom is -0.370 e. The lowest BCUT2D eigenvalue weighted by Crippen LogP contribution is -2.38. The highest BCUT2D eigenvalue weighted by Gasteiger charge is 2.31. The summed E-state index contributed by atoms with van der Waals surface area (Å²) in [5.74, 6) is 0.455. The van der Waals surface area contributed by atoms with Crippen molar-refractivity contribution in [2.75, 3.05) is 6.61 Å². The van der Waals surface area contributed by atoms with Crippen LogP contribution in [0, 0.1) is 11.3 Å². The summed E-state index contributed by atoms with van der Waals surface area (Å²) in [4.78, 5) is 11.9. The first-order chi connectivity index (χ1) is 5.80. The van der Waals surface area contributed by atoms with E-state index in [1.54, 1.807) is 0 Å². The summed E-state index contributed by atoms with van der Waals surface area (Å²) in [7, 11) is 0. The van der Waals surface area contributed by atoms with Crippen molar-refractivity contribution in [3.8, 4) is 0 Å². The number of ether oxygens (including phenoxy) is 1. The molecule has 0 bridgehead atoms. The molecule has 0 aliphatic carbocycles. The summed E-state index contributed by atoms with van der Waals surface area (Å²) in [6, 6.07) is 0. The number of rotatable bonds is 4. The fraction of sp³-hybridized carbons (Fsp3) is 0.909. The fourth-order valence-electron chi connectivity index (χ4n) is 1.18. The van der Waals surface area contributed by atoms with Crippen molar-refractivity contribution in [2.45, 2.75) is 47.6 Å². The summed E-state index contributed by atoms with van der Waals surface area (Å²) >= 11 is 0. The predicted molar refractivity (Wildman–Crippen MR) is 54.7 cm³/mol. The number of carbonyl (C=O) groups excluding carboxylic acids is 1. The monoisotopic (exact) mass is 186 g/mol. The number of Topliss-reactive ketones (excluding diaryl/α,β-unsaturated/α-hetero) is 1. The summed E-state index contributed by atoms with van der Waals surface area (Å²) in [5.41, 5.74) is -0.301. The highest BCUT2D eigenvalue weighted by Crippen LogP contribution is 2.22. The second-order valence-electron chi connectivity index (χ2n) is 4.73. The van der Waals surface area contributed by atoms with E-state index in [0.29, 0.717) is 6.61 Å². The van der Waals surface area contributed by atoms with Gasteiger partial charge in [-0.05, 0) is 12.8 Å². The lowest BCUT2D eigenvalue weighted by molar-refractivity contribution is -0.141. The Hall–Kier alpha value is -0.370. The molecule has 2 nitrogen and oxygen atoms in total. The minimum atomic E-state index is -0.301. The standard InChI is InChI=1S/C11H22O2/c1-7-13-9(8(2)3)10(12)11(4,5)6/h8-9H,7H2,1-6H3. The van der Waals surface area contributed by atoms with Gasteiger partial charge in [-0.25, -0.2) is 0 Å². The van der Waals surface area contributed by atoms with Crippen LogP contribution in [0.3, 0.4) is 0 Å². The molecule has 0 saturated heterocycles. The Bertz CT molecular complexity index is 165. The molecule has 2 heteroatoms. The first kappa shape index (κ1) is 12.6. The van der Waals surface area contributed by atoms with Crippen molar-refractivity contribution in [2.24, 2.45) is 11.3 Å². The largest absolute Gasteiger partial charge is 0.370 e. The lowest BCUT2D eigenvalue weighted by atomic mass is 9.84. The van der Waals surface area contributed by atoms with Gasteiger partial charge in [0.2, 0.25) is 0 Å². The zero-order valence-electron chi connectivity index (χ0n) is 9.68. The quantitative estimate of drug-likeness (QED) is 0.674. The molecule has 0 radical (unpaired) electrons. The van der Waals surface area contributed by atoms with E-state index < -0.39 is 0 Å². The van der Waals surface area contributed by atoms with E-state index >= 15 is 0 Å². The maximum Gasteiger partial charge on any atom is 0.167 e. The van der Waals surface area contributed by atoms with Crippen LogP contribution >= 0.6 is 0 Å². The number of carbonyl (C=O) groups is 1. The van der Waals surface area contributed by atoms with Crippen LogP contribution in [0.1, 0.15) is 41.5 Å². The Kier molecular flexibility index (Phi) is 4.62. The van der Waals surface area contributed by atoms with E-state index in [1.165, 1.54) is 0 Å². The van der Waals surface area contributed by atoms with Gasteiger partial charge in [0.1, 0.15) is 6.10 Å². The molecule has 1 unspecified atom stereocenters. The molecule has 78 valence electrons. The van der Waals surface area contributed by atoms with Gasteiger partial charge < -0.3 is 4.74 Å². The van der Waals surface area contributed by atoms with Crippen molar-refractivity contribution in [1.29, 1.82) is 0 Å². The van der Waals surface area contributed by atoms with Crippen molar-refractivity contribution < 1.29 is 9.53 Å². The van der Waals surface area contributed by atoms with Crippen molar-refractivity contribution >= 4 is 5.78 Å². The van der Waals surface area contributed by atoms with E-state index in [0.717, 1.165) is 0 Å². The second kappa shape index (κ2) is 4.75. The molecule has 0 aliphatic rings. The lowest BCUT2D eigenvalue weighted by Gasteiger charge is -2.26.